The molecule has 11 heavy (non-hydrogen) atoms. The molecule has 1 heterocycles. The number of rotatable bonds is 2. The summed E-state index contributed by atoms with van der Waals surface area (Å²) in [6.45, 7) is 1.90. The standard InChI is InChI=1S/C6H10N4O/c1-5(11)7-3-6-9-8-4-10(6)2/h4H,3H2,1-2H3,(H,7,11). The summed E-state index contributed by atoms with van der Waals surface area (Å²) in [7, 11) is 1.83. The van der Waals surface area contributed by atoms with Crippen LogP contribution in [0.5, 0.6) is 0 Å². The molecule has 0 spiro atoms. The second-order valence-electron chi connectivity index (χ2n) is 2.27. The number of nitrogens with one attached hydrogen (secondary N) is 1. The number of hydrogen-bond acceptors (Lipinski definition) is 3. The van der Waals surface area contributed by atoms with E-state index in [-0.39, 0.29) is 5.91 Å². The fourth-order valence-electron chi connectivity index (χ4n) is 0.671. The van der Waals surface area contributed by atoms with Gasteiger partial charge in [-0.15, -0.1) is 10.2 Å². The lowest BCUT2D eigenvalue weighted by atomic mass is 10.5. The van der Waals surface area contributed by atoms with Gasteiger partial charge in [0.1, 0.15) is 6.33 Å². The third-order valence-electron chi connectivity index (χ3n) is 1.30. The second kappa shape index (κ2) is 3.14. The van der Waals surface area contributed by atoms with Crippen LogP contribution in [0.2, 0.25) is 0 Å². The van der Waals surface area contributed by atoms with E-state index in [1.807, 2.05) is 7.05 Å². The van der Waals surface area contributed by atoms with E-state index in [4.69, 9.17) is 0 Å². The van der Waals surface area contributed by atoms with Gasteiger partial charge in [-0.05, 0) is 0 Å². The summed E-state index contributed by atoms with van der Waals surface area (Å²) in [5.41, 5.74) is 0. The zero-order valence-corrected chi connectivity index (χ0v) is 6.53. The van der Waals surface area contributed by atoms with Crippen LogP contribution in [0.4, 0.5) is 0 Å². The molecule has 5 heteroatoms. The number of amides is 1. The Morgan fingerprint density at radius 1 is 1.82 bits per heavy atom. The number of hydrogen-bond donors (Lipinski definition) is 1. The van der Waals surface area contributed by atoms with Crippen LogP contribution in [0.1, 0.15) is 12.7 Å². The van der Waals surface area contributed by atoms with Gasteiger partial charge in [-0.1, -0.05) is 0 Å². The van der Waals surface area contributed by atoms with Crippen molar-refractivity contribution in [2.45, 2.75) is 13.5 Å². The van der Waals surface area contributed by atoms with E-state index >= 15 is 0 Å². The van der Waals surface area contributed by atoms with E-state index in [2.05, 4.69) is 15.5 Å². The summed E-state index contributed by atoms with van der Waals surface area (Å²) in [6.07, 6.45) is 1.59. The monoisotopic (exact) mass is 154 g/mol. The first kappa shape index (κ1) is 7.71. The van der Waals surface area contributed by atoms with E-state index in [1.54, 1.807) is 10.9 Å². The number of nitrogens with zero attached hydrogens (tertiary/aromatic N) is 3. The summed E-state index contributed by atoms with van der Waals surface area (Å²) in [5.74, 6) is 0.688. The van der Waals surface area contributed by atoms with Gasteiger partial charge in [-0.3, -0.25) is 4.79 Å². The minimum Gasteiger partial charge on any atom is -0.349 e. The van der Waals surface area contributed by atoms with E-state index in [0.717, 1.165) is 5.82 Å². The maximum atomic E-state index is 10.5. The van der Waals surface area contributed by atoms with E-state index in [1.165, 1.54) is 6.92 Å². The predicted octanol–water partition coefficient (Wildman–Crippen LogP) is -0.549. The van der Waals surface area contributed by atoms with Crippen molar-refractivity contribution in [1.82, 2.24) is 20.1 Å². The number of carbonyl (C=O) groups excluding carboxylic acids is 1. The molecule has 60 valence electrons. The molecule has 0 radical (unpaired) electrons. The van der Waals surface area contributed by atoms with Crippen LogP contribution in [0.15, 0.2) is 6.33 Å². The highest BCUT2D eigenvalue weighted by molar-refractivity contribution is 5.72. The van der Waals surface area contributed by atoms with Crippen molar-refractivity contribution in [3.8, 4) is 0 Å². The van der Waals surface area contributed by atoms with Gasteiger partial charge in [0.25, 0.3) is 0 Å². The average Bonchev–Trinajstić information content (AvgIpc) is 2.31. The van der Waals surface area contributed by atoms with Gasteiger partial charge < -0.3 is 9.88 Å². The molecule has 1 N–H and O–H groups in total. The van der Waals surface area contributed by atoms with E-state index < -0.39 is 0 Å². The van der Waals surface area contributed by atoms with Crippen molar-refractivity contribution in [1.29, 1.82) is 0 Å². The van der Waals surface area contributed by atoms with E-state index in [0.29, 0.717) is 6.54 Å². The molecule has 1 amide bonds. The maximum Gasteiger partial charge on any atom is 0.217 e. The summed E-state index contributed by atoms with van der Waals surface area (Å²) >= 11 is 0. The Balaban J connectivity index is 2.51. The largest absolute Gasteiger partial charge is 0.349 e. The molecule has 0 aliphatic heterocycles. The lowest BCUT2D eigenvalue weighted by Gasteiger charge is -1.99. The Labute approximate surface area is 64.4 Å². The van der Waals surface area contributed by atoms with Crippen LogP contribution >= 0.6 is 0 Å². The molecule has 0 unspecified atom stereocenters. The quantitative estimate of drug-likeness (QED) is 0.621. The van der Waals surface area contributed by atoms with Crippen molar-refractivity contribution in [3.63, 3.8) is 0 Å². The normalized spacial score (nSPS) is 9.64. The highest BCUT2D eigenvalue weighted by Crippen LogP contribution is 1.88. The molecule has 1 rings (SSSR count). The van der Waals surface area contributed by atoms with Gasteiger partial charge in [0.05, 0.1) is 6.54 Å². The second-order valence-corrected chi connectivity index (χ2v) is 2.27. The minimum atomic E-state index is -0.0620. The Bertz CT molecular complexity index is 255. The molecule has 0 aromatic carbocycles. The van der Waals surface area contributed by atoms with Gasteiger partial charge >= 0.3 is 0 Å². The topological polar surface area (TPSA) is 59.8 Å². The molecule has 0 fully saturated rings. The summed E-state index contributed by atoms with van der Waals surface area (Å²) in [4.78, 5) is 10.5. The van der Waals surface area contributed by atoms with Gasteiger partial charge in [-0.2, -0.15) is 0 Å². The van der Waals surface area contributed by atoms with Crippen molar-refractivity contribution in [2.24, 2.45) is 7.05 Å². The summed E-state index contributed by atoms with van der Waals surface area (Å²) in [6, 6.07) is 0. The lowest BCUT2D eigenvalue weighted by Crippen LogP contribution is -2.20. The van der Waals surface area contributed by atoms with Crippen LogP contribution in [-0.4, -0.2) is 20.7 Å². The van der Waals surface area contributed by atoms with Crippen LogP contribution in [0.25, 0.3) is 0 Å². The number of carbonyl (C=O) groups is 1. The van der Waals surface area contributed by atoms with Crippen molar-refractivity contribution in [3.05, 3.63) is 12.2 Å². The third-order valence-corrected chi connectivity index (χ3v) is 1.30. The van der Waals surface area contributed by atoms with Gasteiger partial charge in [0.15, 0.2) is 5.82 Å². The van der Waals surface area contributed by atoms with Gasteiger partial charge in [-0.25, -0.2) is 0 Å². The summed E-state index contributed by atoms with van der Waals surface area (Å²) in [5, 5.41) is 10.1. The number of aromatic nitrogens is 3. The average molecular weight is 154 g/mol. The Morgan fingerprint density at radius 2 is 2.55 bits per heavy atom. The molecule has 1 aromatic heterocycles. The zero-order chi connectivity index (χ0) is 8.27. The molecule has 0 aliphatic rings. The third kappa shape index (κ3) is 2.03. The molecule has 1 aromatic rings. The smallest absolute Gasteiger partial charge is 0.217 e. The lowest BCUT2D eigenvalue weighted by molar-refractivity contribution is -0.119. The molecule has 0 saturated heterocycles. The first-order valence-corrected chi connectivity index (χ1v) is 3.27. The highest BCUT2D eigenvalue weighted by atomic mass is 16.1. The molecule has 5 nitrogen and oxygen atoms in total. The van der Waals surface area contributed by atoms with Crippen LogP contribution in [-0.2, 0) is 18.4 Å². The van der Waals surface area contributed by atoms with Crippen molar-refractivity contribution < 1.29 is 4.79 Å². The molecule has 0 bridgehead atoms. The molecular weight excluding hydrogens is 144 g/mol. The van der Waals surface area contributed by atoms with Crippen molar-refractivity contribution >= 4 is 5.91 Å². The Hall–Kier alpha value is -1.39. The predicted molar refractivity (Wildman–Crippen MR) is 38.5 cm³/mol. The maximum absolute atomic E-state index is 10.5. The molecule has 0 aliphatic carbocycles. The van der Waals surface area contributed by atoms with Gasteiger partial charge in [0.2, 0.25) is 5.91 Å². The minimum absolute atomic E-state index is 0.0620. The number of aryl methyl sites for hydroxylation is 1. The Morgan fingerprint density at radius 3 is 3.00 bits per heavy atom. The molecular formula is C6H10N4O. The van der Waals surface area contributed by atoms with Crippen molar-refractivity contribution in [2.75, 3.05) is 0 Å². The first-order valence-electron chi connectivity index (χ1n) is 3.27. The SMILES string of the molecule is CC(=O)NCc1nncn1C. The van der Waals surface area contributed by atoms with Crippen LogP contribution in [0.3, 0.4) is 0 Å². The summed E-state index contributed by atoms with van der Waals surface area (Å²) < 4.78 is 1.76. The Kier molecular flexibility index (Phi) is 2.20. The van der Waals surface area contributed by atoms with E-state index in [9.17, 15) is 4.79 Å². The van der Waals surface area contributed by atoms with Crippen LogP contribution < -0.4 is 5.32 Å². The molecule has 0 atom stereocenters. The van der Waals surface area contributed by atoms with Gasteiger partial charge in [0, 0.05) is 14.0 Å². The fourth-order valence-corrected chi connectivity index (χ4v) is 0.671. The fraction of sp³-hybridized carbons (Fsp3) is 0.500. The molecule has 0 saturated carbocycles. The van der Waals surface area contributed by atoms with Crippen LogP contribution in [0, 0.1) is 0 Å². The zero-order valence-electron chi connectivity index (χ0n) is 6.53. The highest BCUT2D eigenvalue weighted by Gasteiger charge is 1.99. The first-order chi connectivity index (χ1) is 5.20.